The van der Waals surface area contributed by atoms with Crippen molar-refractivity contribution in [3.63, 3.8) is 0 Å². The lowest BCUT2D eigenvalue weighted by Crippen LogP contribution is -2.40. The van der Waals surface area contributed by atoms with Gasteiger partial charge in [0.15, 0.2) is 0 Å². The molecular weight excluding hydrogens is 346 g/mol. The third kappa shape index (κ3) is 9.56. The minimum absolute atomic E-state index is 0.161. The molecule has 0 saturated carbocycles. The number of hydrogen-bond donors (Lipinski definition) is 3. The Morgan fingerprint density at radius 2 is 1.60 bits per heavy atom. The van der Waals surface area contributed by atoms with Crippen LogP contribution in [-0.4, -0.2) is 43.1 Å². The first-order chi connectivity index (χ1) is 11.7. The zero-order chi connectivity index (χ0) is 18.9. The van der Waals surface area contributed by atoms with Crippen LogP contribution in [0.1, 0.15) is 37.6 Å². The standard InChI is InChI=1S/C17H24ClN3O4/c1-17(2,3)25-16(24)21-11-14(22)19-9-4-10-20-15(23)12-5-7-13(18)8-6-12/h5-8H,4,9-11H2,1-3H3,(H,19,22)(H,20,23)(H,21,24). The average Bonchev–Trinajstić information content (AvgIpc) is 2.51. The molecule has 0 aliphatic rings. The Balaban J connectivity index is 2.12. The maximum absolute atomic E-state index is 11.8. The Hall–Kier alpha value is -2.28. The summed E-state index contributed by atoms with van der Waals surface area (Å²) in [6, 6.07) is 6.58. The molecule has 0 aliphatic heterocycles. The largest absolute Gasteiger partial charge is 0.444 e. The van der Waals surface area contributed by atoms with Gasteiger partial charge in [0.05, 0.1) is 6.54 Å². The first-order valence-electron chi connectivity index (χ1n) is 7.95. The molecule has 138 valence electrons. The lowest BCUT2D eigenvalue weighted by molar-refractivity contribution is -0.120. The highest BCUT2D eigenvalue weighted by molar-refractivity contribution is 6.30. The van der Waals surface area contributed by atoms with E-state index in [-0.39, 0.29) is 18.4 Å². The van der Waals surface area contributed by atoms with Gasteiger partial charge in [0.1, 0.15) is 5.60 Å². The minimum atomic E-state index is -0.641. The highest BCUT2D eigenvalue weighted by Crippen LogP contribution is 2.09. The van der Waals surface area contributed by atoms with Crippen molar-refractivity contribution in [3.05, 3.63) is 34.9 Å². The molecule has 7 nitrogen and oxygen atoms in total. The predicted octanol–water partition coefficient (Wildman–Crippen LogP) is 2.10. The predicted molar refractivity (Wildman–Crippen MR) is 95.6 cm³/mol. The normalized spacial score (nSPS) is 10.7. The van der Waals surface area contributed by atoms with Crippen molar-refractivity contribution >= 4 is 29.5 Å². The summed E-state index contributed by atoms with van der Waals surface area (Å²) in [5.74, 6) is -0.524. The molecule has 1 aromatic rings. The molecule has 3 amide bonds. The lowest BCUT2D eigenvalue weighted by Gasteiger charge is -2.19. The van der Waals surface area contributed by atoms with Crippen LogP contribution in [0.5, 0.6) is 0 Å². The molecule has 1 rings (SSSR count). The molecule has 0 aliphatic carbocycles. The van der Waals surface area contributed by atoms with Crippen LogP contribution >= 0.6 is 11.6 Å². The van der Waals surface area contributed by atoms with Gasteiger partial charge in [-0.2, -0.15) is 0 Å². The molecule has 8 heteroatoms. The van der Waals surface area contributed by atoms with E-state index in [4.69, 9.17) is 16.3 Å². The molecule has 0 atom stereocenters. The van der Waals surface area contributed by atoms with Gasteiger partial charge in [-0.25, -0.2) is 4.79 Å². The van der Waals surface area contributed by atoms with Gasteiger partial charge in [-0.15, -0.1) is 0 Å². The van der Waals surface area contributed by atoms with Gasteiger partial charge in [-0.05, 0) is 51.5 Å². The number of hydrogen-bond acceptors (Lipinski definition) is 4. The maximum atomic E-state index is 11.8. The van der Waals surface area contributed by atoms with Gasteiger partial charge in [0.25, 0.3) is 5.91 Å². The first-order valence-corrected chi connectivity index (χ1v) is 8.32. The summed E-state index contributed by atoms with van der Waals surface area (Å²) < 4.78 is 5.02. The highest BCUT2D eigenvalue weighted by Gasteiger charge is 2.16. The Bertz CT molecular complexity index is 597. The van der Waals surface area contributed by atoms with Crippen LogP contribution in [0, 0.1) is 0 Å². The summed E-state index contributed by atoms with van der Waals surface area (Å²) in [5, 5.41) is 8.33. The van der Waals surface area contributed by atoms with Crippen LogP contribution in [0.2, 0.25) is 5.02 Å². The maximum Gasteiger partial charge on any atom is 0.408 e. The second-order valence-corrected chi connectivity index (χ2v) is 6.76. The van der Waals surface area contributed by atoms with Gasteiger partial charge >= 0.3 is 6.09 Å². The van der Waals surface area contributed by atoms with Crippen LogP contribution in [0.25, 0.3) is 0 Å². The number of rotatable bonds is 7. The molecule has 0 radical (unpaired) electrons. The molecule has 0 spiro atoms. The number of halogens is 1. The number of benzene rings is 1. The number of ether oxygens (including phenoxy) is 1. The Morgan fingerprint density at radius 3 is 2.20 bits per heavy atom. The third-order valence-corrected chi connectivity index (χ3v) is 3.11. The Labute approximate surface area is 152 Å². The Kier molecular flexibility index (Phi) is 8.21. The fraction of sp³-hybridized carbons (Fsp3) is 0.471. The van der Waals surface area contributed by atoms with Crippen molar-refractivity contribution in [2.45, 2.75) is 32.8 Å². The molecule has 0 heterocycles. The first kappa shape index (κ1) is 20.8. The van der Waals surface area contributed by atoms with Gasteiger partial charge in [0.2, 0.25) is 5.91 Å². The van der Waals surface area contributed by atoms with Gasteiger partial charge in [0, 0.05) is 23.7 Å². The number of amides is 3. The summed E-state index contributed by atoms with van der Waals surface area (Å²) in [7, 11) is 0. The zero-order valence-corrected chi connectivity index (χ0v) is 15.4. The van der Waals surface area contributed by atoms with Crippen molar-refractivity contribution in [1.29, 1.82) is 0 Å². The summed E-state index contributed by atoms with van der Waals surface area (Å²) in [6.07, 6.45) is -0.0739. The number of carbonyl (C=O) groups is 3. The Morgan fingerprint density at radius 1 is 1.00 bits per heavy atom. The van der Waals surface area contributed by atoms with E-state index in [2.05, 4.69) is 16.0 Å². The molecule has 25 heavy (non-hydrogen) atoms. The molecule has 3 N–H and O–H groups in total. The number of nitrogens with one attached hydrogen (secondary N) is 3. The van der Waals surface area contributed by atoms with E-state index in [0.717, 1.165) is 0 Å². The highest BCUT2D eigenvalue weighted by atomic mass is 35.5. The summed E-state index contributed by atoms with van der Waals surface area (Å²) >= 11 is 5.76. The quantitative estimate of drug-likeness (QED) is 0.641. The van der Waals surface area contributed by atoms with Crippen LogP contribution in [-0.2, 0) is 9.53 Å². The average molecular weight is 370 g/mol. The van der Waals surface area contributed by atoms with Crippen molar-refractivity contribution in [3.8, 4) is 0 Å². The second kappa shape index (κ2) is 9.88. The van der Waals surface area contributed by atoms with E-state index in [1.165, 1.54) is 0 Å². The fourth-order valence-electron chi connectivity index (χ4n) is 1.75. The summed E-state index contributed by atoms with van der Waals surface area (Å²) in [4.78, 5) is 34.8. The fourth-order valence-corrected chi connectivity index (χ4v) is 1.88. The van der Waals surface area contributed by atoms with Crippen molar-refractivity contribution in [2.75, 3.05) is 19.6 Å². The molecule has 1 aromatic carbocycles. The van der Waals surface area contributed by atoms with Crippen molar-refractivity contribution in [2.24, 2.45) is 0 Å². The monoisotopic (exact) mass is 369 g/mol. The lowest BCUT2D eigenvalue weighted by atomic mass is 10.2. The molecule has 0 fully saturated rings. The van der Waals surface area contributed by atoms with Crippen LogP contribution < -0.4 is 16.0 Å². The summed E-state index contributed by atoms with van der Waals surface area (Å²) in [6.45, 7) is 5.87. The topological polar surface area (TPSA) is 96.5 Å². The molecular formula is C17H24ClN3O4. The van der Waals surface area contributed by atoms with Crippen molar-refractivity contribution < 1.29 is 19.1 Å². The molecule has 0 aromatic heterocycles. The SMILES string of the molecule is CC(C)(C)OC(=O)NCC(=O)NCCCNC(=O)c1ccc(Cl)cc1. The second-order valence-electron chi connectivity index (χ2n) is 6.32. The van der Waals surface area contributed by atoms with Crippen LogP contribution in [0.4, 0.5) is 4.79 Å². The van der Waals surface area contributed by atoms with Gasteiger partial charge in [-0.3, -0.25) is 9.59 Å². The number of carbonyl (C=O) groups excluding carboxylic acids is 3. The van der Waals surface area contributed by atoms with Crippen molar-refractivity contribution in [1.82, 2.24) is 16.0 Å². The van der Waals surface area contributed by atoms with Crippen LogP contribution in [0.3, 0.4) is 0 Å². The van der Waals surface area contributed by atoms with E-state index in [1.54, 1.807) is 45.0 Å². The summed E-state index contributed by atoms with van der Waals surface area (Å²) in [5.41, 5.74) is -0.0851. The van der Waals surface area contributed by atoms with E-state index in [9.17, 15) is 14.4 Å². The van der Waals surface area contributed by atoms with E-state index >= 15 is 0 Å². The van der Waals surface area contributed by atoms with Gasteiger partial charge < -0.3 is 20.7 Å². The van der Waals surface area contributed by atoms with Crippen LogP contribution in [0.15, 0.2) is 24.3 Å². The smallest absolute Gasteiger partial charge is 0.408 e. The molecule has 0 saturated heterocycles. The number of alkyl carbamates (subject to hydrolysis) is 1. The van der Waals surface area contributed by atoms with E-state index in [1.807, 2.05) is 0 Å². The molecule has 0 bridgehead atoms. The minimum Gasteiger partial charge on any atom is -0.444 e. The van der Waals surface area contributed by atoms with E-state index in [0.29, 0.717) is 30.1 Å². The third-order valence-electron chi connectivity index (χ3n) is 2.86. The zero-order valence-electron chi connectivity index (χ0n) is 14.6. The van der Waals surface area contributed by atoms with Gasteiger partial charge in [-0.1, -0.05) is 11.6 Å². The molecule has 0 unspecified atom stereocenters. The van der Waals surface area contributed by atoms with E-state index < -0.39 is 11.7 Å².